The van der Waals surface area contributed by atoms with Gasteiger partial charge in [0.25, 0.3) is 0 Å². The molecule has 0 aliphatic rings. The van der Waals surface area contributed by atoms with Crippen molar-refractivity contribution in [3.63, 3.8) is 0 Å². The van der Waals surface area contributed by atoms with Crippen LogP contribution in [-0.4, -0.2) is 0 Å². The van der Waals surface area contributed by atoms with Crippen molar-refractivity contribution >= 4 is 42.6 Å². The summed E-state index contributed by atoms with van der Waals surface area (Å²) in [4.78, 5) is 0. The van der Waals surface area contributed by atoms with Crippen molar-refractivity contribution in [2.75, 3.05) is 0 Å². The first-order valence-electron chi connectivity index (χ1n) is 11.4. The van der Waals surface area contributed by atoms with E-state index in [4.69, 9.17) is 0 Å². The molecule has 2 atom stereocenters. The highest BCUT2D eigenvalue weighted by Crippen LogP contribution is 2.36. The molecule has 0 aliphatic carbocycles. The molecule has 28 heavy (non-hydrogen) atoms. The molecule has 0 N–H and O–H groups in total. The molecule has 0 nitrogen and oxygen atoms in total. The van der Waals surface area contributed by atoms with E-state index in [2.05, 4.69) is 83.8 Å². The maximum absolute atomic E-state index is 3.98. The molecule has 2 unspecified atom stereocenters. The molecule has 2 aromatic rings. The van der Waals surface area contributed by atoms with Crippen molar-refractivity contribution in [2.24, 2.45) is 11.8 Å². The first kappa shape index (κ1) is 23.9. The molecule has 0 aromatic heterocycles. The van der Waals surface area contributed by atoms with Gasteiger partial charge in [-0.25, -0.2) is 0 Å². The van der Waals surface area contributed by atoms with Crippen LogP contribution in [0.1, 0.15) is 90.2 Å². The van der Waals surface area contributed by atoms with Crippen molar-refractivity contribution in [1.82, 2.24) is 0 Å². The van der Waals surface area contributed by atoms with Crippen molar-refractivity contribution in [1.29, 1.82) is 0 Å². The summed E-state index contributed by atoms with van der Waals surface area (Å²) in [6.07, 6.45) is 12.9. The molecule has 0 saturated carbocycles. The third kappa shape index (κ3) is 6.59. The van der Waals surface area contributed by atoms with Crippen LogP contribution in [0.3, 0.4) is 0 Å². The second kappa shape index (κ2) is 12.4. The number of unbranched alkanes of at least 4 members (excludes halogenated alkanes) is 2. The summed E-state index contributed by atoms with van der Waals surface area (Å²) in [5.74, 6) is 1.59. The summed E-state index contributed by atoms with van der Waals surface area (Å²) < 4.78 is 2.54. The van der Waals surface area contributed by atoms with E-state index in [1.807, 2.05) is 0 Å². The number of fused-ring (bicyclic) bond motifs is 1. The van der Waals surface area contributed by atoms with Gasteiger partial charge < -0.3 is 0 Å². The van der Waals surface area contributed by atoms with Gasteiger partial charge in [-0.1, -0.05) is 107 Å². The van der Waals surface area contributed by atoms with Gasteiger partial charge in [0.1, 0.15) is 0 Å². The molecule has 156 valence electrons. The van der Waals surface area contributed by atoms with E-state index in [1.54, 1.807) is 0 Å². The fourth-order valence-corrected chi connectivity index (χ4v) is 5.52. The Hall–Kier alpha value is -0.340. The van der Waals surface area contributed by atoms with Gasteiger partial charge in [-0.05, 0) is 74.6 Å². The maximum Gasteiger partial charge on any atom is 0.0286 e. The van der Waals surface area contributed by atoms with E-state index >= 15 is 0 Å². The quantitative estimate of drug-likeness (QED) is 0.267. The summed E-state index contributed by atoms with van der Waals surface area (Å²) in [6.45, 7) is 9.26. The van der Waals surface area contributed by atoms with Crippen LogP contribution in [-0.2, 0) is 12.8 Å². The van der Waals surface area contributed by atoms with Gasteiger partial charge >= 0.3 is 0 Å². The standard InChI is InChI=1S/C26H38Br2/c1-5-9-11-19(7-3)15-21-17-24-23(25(27)18-21)14-13-22(26(24)28)16-20(8-4)12-10-6-2/h13-14,17-20H,5-12,15-16H2,1-4H3. The van der Waals surface area contributed by atoms with Gasteiger partial charge in [-0.15, -0.1) is 0 Å². The van der Waals surface area contributed by atoms with Gasteiger partial charge in [0.05, 0.1) is 0 Å². The van der Waals surface area contributed by atoms with Crippen LogP contribution in [0.5, 0.6) is 0 Å². The fourth-order valence-electron chi connectivity index (χ4n) is 4.26. The van der Waals surface area contributed by atoms with Gasteiger partial charge in [-0.2, -0.15) is 0 Å². The molecule has 0 spiro atoms. The Morgan fingerprint density at radius 2 is 1.36 bits per heavy atom. The maximum atomic E-state index is 3.98. The average molecular weight is 510 g/mol. The van der Waals surface area contributed by atoms with Gasteiger partial charge in [0, 0.05) is 8.95 Å². The number of hydrogen-bond donors (Lipinski definition) is 0. The highest BCUT2D eigenvalue weighted by Gasteiger charge is 2.15. The molecule has 2 heteroatoms. The molecule has 2 rings (SSSR count). The van der Waals surface area contributed by atoms with Crippen LogP contribution < -0.4 is 0 Å². The Kier molecular flexibility index (Phi) is 10.6. The van der Waals surface area contributed by atoms with Crippen molar-refractivity contribution in [3.05, 3.63) is 44.3 Å². The highest BCUT2D eigenvalue weighted by atomic mass is 79.9. The van der Waals surface area contributed by atoms with E-state index in [0.29, 0.717) is 0 Å². The lowest BCUT2D eigenvalue weighted by molar-refractivity contribution is 0.448. The van der Waals surface area contributed by atoms with Crippen LogP contribution in [0, 0.1) is 11.8 Å². The SMILES string of the molecule is CCCCC(CC)Cc1cc(Br)c2ccc(CC(CC)CCCC)c(Br)c2c1. The van der Waals surface area contributed by atoms with E-state index < -0.39 is 0 Å². The van der Waals surface area contributed by atoms with Crippen molar-refractivity contribution in [2.45, 2.75) is 91.9 Å². The van der Waals surface area contributed by atoms with Crippen LogP contribution in [0.4, 0.5) is 0 Å². The summed E-state index contributed by atoms with van der Waals surface area (Å²) in [5, 5.41) is 2.69. The van der Waals surface area contributed by atoms with Crippen molar-refractivity contribution < 1.29 is 0 Å². The molecule has 0 fully saturated rings. The van der Waals surface area contributed by atoms with E-state index in [0.717, 1.165) is 11.8 Å². The van der Waals surface area contributed by atoms with Crippen LogP contribution in [0.2, 0.25) is 0 Å². The zero-order valence-corrected chi connectivity index (χ0v) is 21.5. The summed E-state index contributed by atoms with van der Waals surface area (Å²) >= 11 is 7.83. The summed E-state index contributed by atoms with van der Waals surface area (Å²) in [7, 11) is 0. The average Bonchev–Trinajstić information content (AvgIpc) is 2.70. The molecular formula is C26H38Br2. The van der Waals surface area contributed by atoms with Gasteiger partial charge in [-0.3, -0.25) is 0 Å². The zero-order chi connectivity index (χ0) is 20.5. The predicted octanol–water partition coefficient (Wildman–Crippen LogP) is 9.88. The molecule has 2 aromatic carbocycles. The summed E-state index contributed by atoms with van der Waals surface area (Å²) in [5.41, 5.74) is 2.94. The Morgan fingerprint density at radius 3 is 1.93 bits per heavy atom. The number of halogens is 2. The molecular weight excluding hydrogens is 472 g/mol. The molecule has 0 radical (unpaired) electrons. The Bertz CT molecular complexity index is 735. The Morgan fingerprint density at radius 1 is 0.750 bits per heavy atom. The third-order valence-corrected chi connectivity index (χ3v) is 7.87. The molecule has 0 bridgehead atoms. The predicted molar refractivity (Wildman–Crippen MR) is 133 cm³/mol. The lowest BCUT2D eigenvalue weighted by Gasteiger charge is -2.18. The Balaban J connectivity index is 2.30. The van der Waals surface area contributed by atoms with E-state index in [1.165, 1.54) is 95.1 Å². The monoisotopic (exact) mass is 508 g/mol. The topological polar surface area (TPSA) is 0 Å². The smallest absolute Gasteiger partial charge is 0.0286 e. The van der Waals surface area contributed by atoms with Crippen LogP contribution in [0.15, 0.2) is 33.2 Å². The Labute approximate surface area is 190 Å². The van der Waals surface area contributed by atoms with Crippen LogP contribution in [0.25, 0.3) is 10.8 Å². The molecule has 0 saturated heterocycles. The summed E-state index contributed by atoms with van der Waals surface area (Å²) in [6, 6.07) is 9.43. The minimum Gasteiger partial charge on any atom is -0.0654 e. The van der Waals surface area contributed by atoms with Crippen molar-refractivity contribution in [3.8, 4) is 0 Å². The first-order valence-corrected chi connectivity index (χ1v) is 13.0. The normalized spacial score (nSPS) is 13.8. The van der Waals surface area contributed by atoms with E-state index in [9.17, 15) is 0 Å². The van der Waals surface area contributed by atoms with E-state index in [-0.39, 0.29) is 0 Å². The van der Waals surface area contributed by atoms with Gasteiger partial charge in [0.15, 0.2) is 0 Å². The minimum absolute atomic E-state index is 0.791. The lowest BCUT2D eigenvalue weighted by atomic mass is 9.89. The first-order chi connectivity index (χ1) is 13.5. The minimum atomic E-state index is 0.791. The van der Waals surface area contributed by atoms with Gasteiger partial charge in [0.2, 0.25) is 0 Å². The fraction of sp³-hybridized carbons (Fsp3) is 0.615. The molecule has 0 aliphatic heterocycles. The highest BCUT2D eigenvalue weighted by molar-refractivity contribution is 9.11. The second-order valence-electron chi connectivity index (χ2n) is 8.45. The largest absolute Gasteiger partial charge is 0.0654 e. The third-order valence-electron chi connectivity index (χ3n) is 6.28. The second-order valence-corrected chi connectivity index (χ2v) is 10.1. The molecule has 0 heterocycles. The number of benzene rings is 2. The molecule has 0 amide bonds. The number of rotatable bonds is 12. The number of hydrogen-bond acceptors (Lipinski definition) is 0. The zero-order valence-electron chi connectivity index (χ0n) is 18.3. The lowest BCUT2D eigenvalue weighted by Crippen LogP contribution is -2.05. The van der Waals surface area contributed by atoms with Crippen LogP contribution >= 0.6 is 31.9 Å².